The third kappa shape index (κ3) is 5.20. The Morgan fingerprint density at radius 2 is 1.79 bits per heavy atom. The van der Waals surface area contributed by atoms with Crippen molar-refractivity contribution in [2.75, 3.05) is 0 Å². The molecular formula is C11H14INO. The molecule has 0 aromatic carbocycles. The highest BCUT2D eigenvalue weighted by atomic mass is 127. The zero-order valence-electron chi connectivity index (χ0n) is 8.58. The van der Waals surface area contributed by atoms with Crippen molar-refractivity contribution in [2.45, 2.75) is 19.4 Å². The van der Waals surface area contributed by atoms with Gasteiger partial charge in [0, 0.05) is 17.7 Å². The van der Waals surface area contributed by atoms with E-state index in [9.17, 15) is 5.11 Å². The molecular weight excluding hydrogens is 289 g/mol. The molecule has 0 radical (unpaired) electrons. The van der Waals surface area contributed by atoms with Gasteiger partial charge < -0.3 is 29.1 Å². The second kappa shape index (κ2) is 5.32. The van der Waals surface area contributed by atoms with Crippen molar-refractivity contribution >= 4 is 0 Å². The van der Waals surface area contributed by atoms with Crippen LogP contribution in [0.2, 0.25) is 0 Å². The van der Waals surface area contributed by atoms with Gasteiger partial charge in [0.1, 0.15) is 12.6 Å². The number of rotatable bonds is 0. The maximum absolute atomic E-state index is 9.35. The molecule has 1 aromatic heterocycles. The highest BCUT2D eigenvalue weighted by molar-refractivity contribution is 5.33. The number of pyridine rings is 1. The summed E-state index contributed by atoms with van der Waals surface area (Å²) in [5, 5.41) is 9.35. The minimum atomic E-state index is -0.919. The lowest BCUT2D eigenvalue weighted by Crippen LogP contribution is -3.00. The van der Waals surface area contributed by atoms with Crippen LogP contribution < -0.4 is 28.5 Å². The lowest BCUT2D eigenvalue weighted by atomic mass is 10.1. The number of nitrogens with zero attached hydrogens (tertiary/aromatic N) is 1. The van der Waals surface area contributed by atoms with Gasteiger partial charge in [0.25, 0.3) is 0 Å². The van der Waals surface area contributed by atoms with Crippen LogP contribution >= 0.6 is 0 Å². The molecule has 0 spiro atoms. The third-order valence-electron chi connectivity index (χ3n) is 1.49. The first kappa shape index (κ1) is 13.4. The van der Waals surface area contributed by atoms with Gasteiger partial charge in [0.05, 0.1) is 0 Å². The van der Waals surface area contributed by atoms with Crippen molar-refractivity contribution in [3.05, 3.63) is 30.1 Å². The first-order chi connectivity index (χ1) is 5.97. The van der Waals surface area contributed by atoms with Gasteiger partial charge in [0.2, 0.25) is 0 Å². The van der Waals surface area contributed by atoms with Crippen molar-refractivity contribution in [3.63, 3.8) is 0 Å². The Kier molecular flexibility index (Phi) is 5.09. The summed E-state index contributed by atoms with van der Waals surface area (Å²) in [4.78, 5) is 0. The van der Waals surface area contributed by atoms with E-state index in [2.05, 4.69) is 11.8 Å². The predicted molar refractivity (Wildman–Crippen MR) is 50.8 cm³/mol. The molecule has 0 unspecified atom stereocenters. The third-order valence-corrected chi connectivity index (χ3v) is 1.49. The molecule has 0 aliphatic carbocycles. The van der Waals surface area contributed by atoms with Crippen LogP contribution in [-0.2, 0) is 7.05 Å². The molecule has 0 aliphatic heterocycles. The molecule has 1 N–H and O–H groups in total. The molecule has 0 amide bonds. The van der Waals surface area contributed by atoms with E-state index in [1.54, 1.807) is 13.8 Å². The zero-order chi connectivity index (χ0) is 9.90. The van der Waals surface area contributed by atoms with Gasteiger partial charge in [-0.15, -0.1) is 0 Å². The molecule has 0 atom stereocenters. The molecule has 0 saturated heterocycles. The number of aromatic nitrogens is 1. The summed E-state index contributed by atoms with van der Waals surface area (Å²) < 4.78 is 1.94. The SMILES string of the molecule is C[n+]1ccc(C#CC(C)(C)O)cc1.[I-]. The summed E-state index contributed by atoms with van der Waals surface area (Å²) in [5.74, 6) is 5.65. The van der Waals surface area contributed by atoms with Gasteiger partial charge in [-0.25, -0.2) is 4.57 Å². The molecule has 1 heterocycles. The molecule has 0 aliphatic rings. The highest BCUT2D eigenvalue weighted by Crippen LogP contribution is 1.98. The van der Waals surface area contributed by atoms with Crippen molar-refractivity contribution in [3.8, 4) is 11.8 Å². The Hall–Kier alpha value is -0.600. The van der Waals surface area contributed by atoms with Crippen LogP contribution in [0.15, 0.2) is 24.5 Å². The van der Waals surface area contributed by atoms with E-state index in [4.69, 9.17) is 0 Å². The van der Waals surface area contributed by atoms with Crippen molar-refractivity contribution in [2.24, 2.45) is 7.05 Å². The molecule has 1 aromatic rings. The van der Waals surface area contributed by atoms with Crippen LogP contribution in [0.1, 0.15) is 19.4 Å². The fourth-order valence-corrected chi connectivity index (χ4v) is 0.809. The zero-order valence-corrected chi connectivity index (χ0v) is 10.7. The standard InChI is InChI=1S/C11H14NO.HI/c1-11(2,13)7-4-10-5-8-12(3)9-6-10;/h5-6,8-9,13H,1-3H3;1H/q+1;/p-1. The molecule has 0 saturated carbocycles. The largest absolute Gasteiger partial charge is 1.00 e. The van der Waals surface area contributed by atoms with Crippen LogP contribution in [0.3, 0.4) is 0 Å². The van der Waals surface area contributed by atoms with Gasteiger partial charge in [-0.1, -0.05) is 11.8 Å². The Morgan fingerprint density at radius 3 is 2.21 bits per heavy atom. The average Bonchev–Trinajstić information content (AvgIpc) is 2.02. The summed E-state index contributed by atoms with van der Waals surface area (Å²) in [7, 11) is 1.95. The summed E-state index contributed by atoms with van der Waals surface area (Å²) in [6.45, 7) is 3.34. The van der Waals surface area contributed by atoms with Crippen molar-refractivity contribution in [1.29, 1.82) is 0 Å². The van der Waals surface area contributed by atoms with Crippen LogP contribution in [-0.4, -0.2) is 10.7 Å². The first-order valence-corrected chi connectivity index (χ1v) is 4.18. The van der Waals surface area contributed by atoms with Crippen LogP contribution in [0.4, 0.5) is 0 Å². The number of aliphatic hydroxyl groups is 1. The molecule has 3 heteroatoms. The Balaban J connectivity index is 0.00000169. The fourth-order valence-electron chi connectivity index (χ4n) is 0.809. The summed E-state index contributed by atoms with van der Waals surface area (Å²) in [5.41, 5.74) is -0.00175. The maximum Gasteiger partial charge on any atom is 0.169 e. The molecule has 2 nitrogen and oxygen atoms in total. The van der Waals surface area contributed by atoms with E-state index < -0.39 is 5.60 Å². The lowest BCUT2D eigenvalue weighted by molar-refractivity contribution is -0.671. The fraction of sp³-hybridized carbons (Fsp3) is 0.364. The normalized spacial score (nSPS) is 9.71. The van der Waals surface area contributed by atoms with Crippen molar-refractivity contribution < 1.29 is 33.7 Å². The van der Waals surface area contributed by atoms with Crippen molar-refractivity contribution in [1.82, 2.24) is 0 Å². The highest BCUT2D eigenvalue weighted by Gasteiger charge is 2.05. The number of hydrogen-bond donors (Lipinski definition) is 1. The molecule has 1 rings (SSSR count). The molecule has 0 bridgehead atoms. The predicted octanol–water partition coefficient (Wildman–Crippen LogP) is -2.36. The molecule has 76 valence electrons. The number of aryl methyl sites for hydroxylation is 1. The Morgan fingerprint density at radius 1 is 1.29 bits per heavy atom. The summed E-state index contributed by atoms with van der Waals surface area (Å²) >= 11 is 0. The lowest BCUT2D eigenvalue weighted by Gasteiger charge is -2.05. The van der Waals surface area contributed by atoms with Crippen LogP contribution in [0.25, 0.3) is 0 Å². The summed E-state index contributed by atoms with van der Waals surface area (Å²) in [6.07, 6.45) is 3.85. The van der Waals surface area contributed by atoms with E-state index in [0.717, 1.165) is 5.56 Å². The van der Waals surface area contributed by atoms with E-state index >= 15 is 0 Å². The number of halogens is 1. The minimum Gasteiger partial charge on any atom is -1.00 e. The quantitative estimate of drug-likeness (QED) is 0.324. The Labute approximate surface area is 102 Å². The van der Waals surface area contributed by atoms with Crippen LogP contribution in [0, 0.1) is 11.8 Å². The van der Waals surface area contributed by atoms with Gasteiger partial charge in [-0.05, 0) is 13.8 Å². The first-order valence-electron chi connectivity index (χ1n) is 4.18. The Bertz CT molecular complexity index is 340. The van der Waals surface area contributed by atoms with E-state index in [-0.39, 0.29) is 24.0 Å². The average molecular weight is 303 g/mol. The van der Waals surface area contributed by atoms with Gasteiger partial charge in [-0.2, -0.15) is 0 Å². The van der Waals surface area contributed by atoms with Gasteiger partial charge >= 0.3 is 0 Å². The second-order valence-electron chi connectivity index (χ2n) is 3.56. The topological polar surface area (TPSA) is 24.1 Å². The smallest absolute Gasteiger partial charge is 0.169 e. The number of hydrogen-bond acceptors (Lipinski definition) is 1. The maximum atomic E-state index is 9.35. The van der Waals surface area contributed by atoms with E-state index in [1.807, 2.05) is 36.1 Å². The monoisotopic (exact) mass is 303 g/mol. The molecule has 0 fully saturated rings. The molecule has 14 heavy (non-hydrogen) atoms. The minimum absolute atomic E-state index is 0. The van der Waals surface area contributed by atoms with E-state index in [0.29, 0.717) is 0 Å². The van der Waals surface area contributed by atoms with E-state index in [1.165, 1.54) is 0 Å². The summed E-state index contributed by atoms with van der Waals surface area (Å²) in [6, 6.07) is 3.83. The van der Waals surface area contributed by atoms with Gasteiger partial charge in [-0.3, -0.25) is 0 Å². The van der Waals surface area contributed by atoms with Gasteiger partial charge in [0.15, 0.2) is 12.4 Å². The van der Waals surface area contributed by atoms with Crippen LogP contribution in [0.5, 0.6) is 0 Å². The second-order valence-corrected chi connectivity index (χ2v) is 3.56.